The van der Waals surface area contributed by atoms with E-state index in [9.17, 15) is 9.90 Å². The van der Waals surface area contributed by atoms with E-state index in [-0.39, 0.29) is 18.9 Å². The van der Waals surface area contributed by atoms with Gasteiger partial charge in [0.25, 0.3) is 0 Å². The summed E-state index contributed by atoms with van der Waals surface area (Å²) in [6, 6.07) is 0. The van der Waals surface area contributed by atoms with Crippen LogP contribution in [0.1, 0.15) is 13.3 Å². The van der Waals surface area contributed by atoms with Crippen LogP contribution >= 0.6 is 0 Å². The third-order valence-electron chi connectivity index (χ3n) is 1.27. The van der Waals surface area contributed by atoms with Crippen LogP contribution in [0.15, 0.2) is 0 Å². The molecule has 1 unspecified atom stereocenters. The Labute approximate surface area is 71.6 Å². The summed E-state index contributed by atoms with van der Waals surface area (Å²) in [5.41, 5.74) is -1.27. The Morgan fingerprint density at radius 3 is 2.75 bits per heavy atom. The summed E-state index contributed by atoms with van der Waals surface area (Å²) in [4.78, 5) is 10.8. The van der Waals surface area contributed by atoms with Gasteiger partial charge in [-0.3, -0.25) is 4.79 Å². The monoisotopic (exact) mass is 171 g/mol. The molecule has 0 aliphatic heterocycles. The number of aliphatic hydroxyl groups is 2. The number of terminal acetylenes is 1. The molecule has 0 aromatic rings. The minimum Gasteiger partial charge on any atom is -0.393 e. The van der Waals surface area contributed by atoms with Crippen LogP contribution in [0.2, 0.25) is 0 Å². The minimum atomic E-state index is -1.27. The van der Waals surface area contributed by atoms with Gasteiger partial charge in [-0.15, -0.1) is 6.42 Å². The predicted octanol–water partition coefficient (Wildman–Crippen LogP) is -1.13. The molecule has 0 fully saturated rings. The largest absolute Gasteiger partial charge is 0.393 e. The highest BCUT2D eigenvalue weighted by Gasteiger charge is 2.19. The molecule has 0 aromatic heterocycles. The summed E-state index contributed by atoms with van der Waals surface area (Å²) < 4.78 is 0. The van der Waals surface area contributed by atoms with Crippen LogP contribution in [0.4, 0.5) is 0 Å². The lowest BCUT2D eigenvalue weighted by molar-refractivity contribution is -0.121. The molecule has 0 saturated heterocycles. The minimum absolute atomic E-state index is 0.00398. The second kappa shape index (κ2) is 4.75. The van der Waals surface area contributed by atoms with Gasteiger partial charge in [0.15, 0.2) is 0 Å². The first kappa shape index (κ1) is 11.0. The molecule has 0 aromatic carbocycles. The molecule has 0 radical (unpaired) electrons. The van der Waals surface area contributed by atoms with Crippen molar-refractivity contribution in [2.75, 3.05) is 13.2 Å². The van der Waals surface area contributed by atoms with Crippen molar-refractivity contribution in [3.63, 3.8) is 0 Å². The maximum absolute atomic E-state index is 10.8. The average molecular weight is 171 g/mol. The zero-order valence-electron chi connectivity index (χ0n) is 7.00. The van der Waals surface area contributed by atoms with Gasteiger partial charge in [0, 0.05) is 6.54 Å². The molecular weight excluding hydrogens is 158 g/mol. The lowest BCUT2D eigenvalue weighted by Gasteiger charge is -2.20. The van der Waals surface area contributed by atoms with Crippen LogP contribution < -0.4 is 5.32 Å². The smallest absolute Gasteiger partial charge is 0.232 e. The van der Waals surface area contributed by atoms with E-state index in [1.54, 1.807) is 0 Å². The van der Waals surface area contributed by atoms with Gasteiger partial charge in [-0.25, -0.2) is 0 Å². The van der Waals surface area contributed by atoms with Crippen molar-refractivity contribution in [1.29, 1.82) is 0 Å². The maximum Gasteiger partial charge on any atom is 0.232 e. The molecule has 0 spiro atoms. The van der Waals surface area contributed by atoms with Crippen molar-refractivity contribution in [1.82, 2.24) is 5.32 Å². The van der Waals surface area contributed by atoms with Gasteiger partial charge in [-0.1, -0.05) is 5.92 Å². The lowest BCUT2D eigenvalue weighted by atomic mass is 10.1. The van der Waals surface area contributed by atoms with Crippen LogP contribution in [0, 0.1) is 12.3 Å². The van der Waals surface area contributed by atoms with Crippen LogP contribution in [0.3, 0.4) is 0 Å². The second-order valence-electron chi connectivity index (χ2n) is 2.81. The molecule has 4 nitrogen and oxygen atoms in total. The SMILES string of the molecule is C#CCC(=O)NCC(C)(O)CO. The van der Waals surface area contributed by atoms with Crippen molar-refractivity contribution >= 4 is 5.91 Å². The molecule has 68 valence electrons. The number of hydrogen-bond donors (Lipinski definition) is 3. The molecule has 0 aliphatic rings. The number of nitrogens with one attached hydrogen (secondary N) is 1. The van der Waals surface area contributed by atoms with E-state index in [2.05, 4.69) is 11.2 Å². The average Bonchev–Trinajstić information content (AvgIpc) is 2.02. The number of carbonyl (C=O) groups is 1. The fourth-order valence-corrected chi connectivity index (χ4v) is 0.500. The third kappa shape index (κ3) is 4.72. The van der Waals surface area contributed by atoms with E-state index in [4.69, 9.17) is 11.5 Å². The Hall–Kier alpha value is -1.05. The molecule has 0 aliphatic carbocycles. The lowest BCUT2D eigenvalue weighted by Crippen LogP contribution is -2.43. The van der Waals surface area contributed by atoms with Crippen molar-refractivity contribution in [2.45, 2.75) is 18.9 Å². The molecule has 3 N–H and O–H groups in total. The first-order chi connectivity index (χ1) is 5.52. The van der Waals surface area contributed by atoms with E-state index < -0.39 is 12.2 Å². The van der Waals surface area contributed by atoms with E-state index in [1.807, 2.05) is 0 Å². The molecule has 0 rings (SSSR count). The highest BCUT2D eigenvalue weighted by molar-refractivity contribution is 5.78. The number of hydrogen-bond acceptors (Lipinski definition) is 3. The van der Waals surface area contributed by atoms with Crippen LogP contribution in [0.5, 0.6) is 0 Å². The van der Waals surface area contributed by atoms with Gasteiger partial charge in [-0.05, 0) is 6.92 Å². The van der Waals surface area contributed by atoms with Crippen LogP contribution in [-0.4, -0.2) is 34.9 Å². The van der Waals surface area contributed by atoms with E-state index in [1.165, 1.54) is 6.92 Å². The fraction of sp³-hybridized carbons (Fsp3) is 0.625. The van der Waals surface area contributed by atoms with E-state index in [0.717, 1.165) is 0 Å². The summed E-state index contributed by atoms with van der Waals surface area (Å²) in [7, 11) is 0. The first-order valence-electron chi connectivity index (χ1n) is 3.55. The molecule has 4 heteroatoms. The van der Waals surface area contributed by atoms with Crippen molar-refractivity contribution in [3.05, 3.63) is 0 Å². The third-order valence-corrected chi connectivity index (χ3v) is 1.27. The Morgan fingerprint density at radius 2 is 2.33 bits per heavy atom. The number of amides is 1. The normalized spacial score (nSPS) is 14.5. The highest BCUT2D eigenvalue weighted by atomic mass is 16.3. The predicted molar refractivity (Wildman–Crippen MR) is 44.2 cm³/mol. The van der Waals surface area contributed by atoms with Crippen molar-refractivity contribution in [3.8, 4) is 12.3 Å². The topological polar surface area (TPSA) is 69.6 Å². The van der Waals surface area contributed by atoms with E-state index >= 15 is 0 Å². The summed E-state index contributed by atoms with van der Waals surface area (Å²) >= 11 is 0. The van der Waals surface area contributed by atoms with Crippen LogP contribution in [-0.2, 0) is 4.79 Å². The molecule has 0 saturated carbocycles. The zero-order chi connectivity index (χ0) is 9.61. The first-order valence-corrected chi connectivity index (χ1v) is 3.55. The summed E-state index contributed by atoms with van der Waals surface area (Å²) in [6.07, 6.45) is 4.87. The zero-order valence-corrected chi connectivity index (χ0v) is 7.00. The highest BCUT2D eigenvalue weighted by Crippen LogP contribution is 1.98. The molecule has 1 atom stereocenters. The Morgan fingerprint density at radius 1 is 1.75 bits per heavy atom. The quantitative estimate of drug-likeness (QED) is 0.469. The van der Waals surface area contributed by atoms with Crippen LogP contribution in [0.25, 0.3) is 0 Å². The van der Waals surface area contributed by atoms with Gasteiger partial charge in [-0.2, -0.15) is 0 Å². The van der Waals surface area contributed by atoms with Gasteiger partial charge in [0.05, 0.1) is 13.0 Å². The molecule has 0 bridgehead atoms. The summed E-state index contributed by atoms with van der Waals surface area (Å²) in [5, 5.41) is 20.2. The molecule has 0 heterocycles. The summed E-state index contributed by atoms with van der Waals surface area (Å²) in [6.45, 7) is 1.02. The fourth-order valence-electron chi connectivity index (χ4n) is 0.500. The molecular formula is C8H13NO3. The summed E-state index contributed by atoms with van der Waals surface area (Å²) in [5.74, 6) is 1.84. The van der Waals surface area contributed by atoms with E-state index in [0.29, 0.717) is 0 Å². The molecule has 12 heavy (non-hydrogen) atoms. The van der Waals surface area contributed by atoms with Gasteiger partial charge >= 0.3 is 0 Å². The Bertz CT molecular complexity index is 193. The van der Waals surface area contributed by atoms with Crippen molar-refractivity contribution in [2.24, 2.45) is 0 Å². The second-order valence-corrected chi connectivity index (χ2v) is 2.81. The Kier molecular flexibility index (Phi) is 4.34. The Balaban J connectivity index is 3.69. The standard InChI is InChI=1S/C8H13NO3/c1-3-4-7(11)9-5-8(2,12)6-10/h1,10,12H,4-6H2,2H3,(H,9,11). The molecule has 1 amide bonds. The van der Waals surface area contributed by atoms with Gasteiger partial charge in [0.1, 0.15) is 5.60 Å². The number of carbonyl (C=O) groups excluding carboxylic acids is 1. The van der Waals surface area contributed by atoms with Crippen molar-refractivity contribution < 1.29 is 15.0 Å². The number of aliphatic hydroxyl groups excluding tert-OH is 1. The van der Waals surface area contributed by atoms with Gasteiger partial charge in [0.2, 0.25) is 5.91 Å². The maximum atomic E-state index is 10.8. The van der Waals surface area contributed by atoms with Gasteiger partial charge < -0.3 is 15.5 Å². The number of rotatable bonds is 4.